The summed E-state index contributed by atoms with van der Waals surface area (Å²) >= 11 is 3.31. The number of hydrogen-bond acceptors (Lipinski definition) is 1. The molecule has 1 aromatic rings. The van der Waals surface area contributed by atoms with Crippen LogP contribution in [0.15, 0.2) is 22.7 Å². The second kappa shape index (κ2) is 4.21. The molecule has 2 bridgehead atoms. The summed E-state index contributed by atoms with van der Waals surface area (Å²) in [6.45, 7) is 7.02. The first-order valence-corrected chi connectivity index (χ1v) is 7.84. The summed E-state index contributed by atoms with van der Waals surface area (Å²) in [4.78, 5) is 0. The Hall–Kier alpha value is -0.570. The highest BCUT2D eigenvalue weighted by Crippen LogP contribution is 2.63. The lowest BCUT2D eigenvalue weighted by Crippen LogP contribution is -2.45. The van der Waals surface area contributed by atoms with Crippen molar-refractivity contribution in [3.05, 3.63) is 28.5 Å². The van der Waals surface area contributed by atoms with Crippen molar-refractivity contribution in [1.29, 1.82) is 0 Å². The molecule has 2 aliphatic carbocycles. The van der Waals surface area contributed by atoms with Crippen LogP contribution >= 0.6 is 15.9 Å². The maximum Gasteiger partial charge on any atom is 0.147 e. The minimum absolute atomic E-state index is 0.170. The second-order valence-corrected chi connectivity index (χ2v) is 8.03. The molecule has 104 valence electrons. The Morgan fingerprint density at radius 1 is 1.32 bits per heavy atom. The zero-order valence-corrected chi connectivity index (χ0v) is 13.3. The van der Waals surface area contributed by atoms with Crippen molar-refractivity contribution in [2.75, 3.05) is 5.32 Å². The van der Waals surface area contributed by atoms with Crippen LogP contribution in [0.3, 0.4) is 0 Å². The minimum Gasteiger partial charge on any atom is -0.379 e. The third-order valence-corrected chi connectivity index (χ3v) is 5.99. The molecule has 3 rings (SSSR count). The van der Waals surface area contributed by atoms with E-state index < -0.39 is 0 Å². The van der Waals surface area contributed by atoms with Gasteiger partial charge in [-0.1, -0.05) is 36.7 Å². The maximum absolute atomic E-state index is 14.0. The van der Waals surface area contributed by atoms with Gasteiger partial charge >= 0.3 is 0 Å². The van der Waals surface area contributed by atoms with Crippen molar-refractivity contribution in [2.24, 2.45) is 16.7 Å². The van der Waals surface area contributed by atoms with E-state index in [1.54, 1.807) is 0 Å². The van der Waals surface area contributed by atoms with Crippen molar-refractivity contribution in [2.45, 2.75) is 46.1 Å². The first-order chi connectivity index (χ1) is 8.83. The molecule has 0 heterocycles. The lowest BCUT2D eigenvalue weighted by Gasteiger charge is -2.43. The zero-order valence-electron chi connectivity index (χ0n) is 11.8. The van der Waals surface area contributed by atoms with E-state index >= 15 is 0 Å². The van der Waals surface area contributed by atoms with Crippen LogP contribution in [0.5, 0.6) is 0 Å². The van der Waals surface area contributed by atoms with E-state index in [1.165, 1.54) is 25.3 Å². The summed E-state index contributed by atoms with van der Waals surface area (Å²) in [5.74, 6) is 0.602. The standard InChI is InChI=1S/C16H21BrFN/c1-15(2)10-6-7-16(3,9-10)14(15)19-13-5-4-11(17)8-12(13)18/h4-5,8,10,14,19H,6-7,9H2,1-3H3. The number of halogens is 2. The molecule has 1 nitrogen and oxygen atoms in total. The quantitative estimate of drug-likeness (QED) is 0.786. The predicted octanol–water partition coefficient (Wildman–Crippen LogP) is 5.21. The average molecular weight is 326 g/mol. The van der Waals surface area contributed by atoms with Crippen LogP contribution in [0.1, 0.15) is 40.0 Å². The van der Waals surface area contributed by atoms with E-state index in [0.717, 1.165) is 10.4 Å². The molecule has 0 saturated heterocycles. The van der Waals surface area contributed by atoms with Gasteiger partial charge in [0.05, 0.1) is 5.69 Å². The van der Waals surface area contributed by atoms with Crippen LogP contribution in [-0.4, -0.2) is 6.04 Å². The summed E-state index contributed by atoms with van der Waals surface area (Å²) in [7, 11) is 0. The van der Waals surface area contributed by atoms with Crippen LogP contribution in [-0.2, 0) is 0 Å². The molecule has 0 aromatic heterocycles. The molecule has 3 heteroatoms. The molecule has 2 saturated carbocycles. The van der Waals surface area contributed by atoms with Crippen LogP contribution in [0.4, 0.5) is 10.1 Å². The first-order valence-electron chi connectivity index (χ1n) is 7.04. The Balaban J connectivity index is 1.90. The Morgan fingerprint density at radius 2 is 2.05 bits per heavy atom. The molecule has 3 atom stereocenters. The molecule has 2 fully saturated rings. The van der Waals surface area contributed by atoms with Crippen LogP contribution in [0.25, 0.3) is 0 Å². The molecule has 0 spiro atoms. The number of fused-ring (bicyclic) bond motifs is 2. The predicted molar refractivity (Wildman–Crippen MR) is 80.7 cm³/mol. The van der Waals surface area contributed by atoms with Gasteiger partial charge in [0.2, 0.25) is 0 Å². The zero-order chi connectivity index (χ0) is 13.8. The van der Waals surface area contributed by atoms with E-state index in [1.807, 2.05) is 12.1 Å². The first kappa shape index (κ1) is 13.4. The molecule has 0 amide bonds. The Morgan fingerprint density at radius 3 is 2.63 bits per heavy atom. The number of rotatable bonds is 2. The fraction of sp³-hybridized carbons (Fsp3) is 0.625. The highest BCUT2D eigenvalue weighted by Gasteiger charge is 2.59. The van der Waals surface area contributed by atoms with Crippen molar-refractivity contribution < 1.29 is 4.39 Å². The Kier molecular flexibility index (Phi) is 2.97. The molecule has 1 aromatic carbocycles. The van der Waals surface area contributed by atoms with E-state index in [9.17, 15) is 4.39 Å². The number of hydrogen-bond donors (Lipinski definition) is 1. The van der Waals surface area contributed by atoms with Gasteiger partial charge in [0, 0.05) is 10.5 Å². The maximum atomic E-state index is 14.0. The third-order valence-electron chi connectivity index (χ3n) is 5.50. The summed E-state index contributed by atoms with van der Waals surface area (Å²) in [6.07, 6.45) is 3.86. The van der Waals surface area contributed by atoms with Gasteiger partial charge in [-0.05, 0) is 54.2 Å². The second-order valence-electron chi connectivity index (χ2n) is 7.12. The summed E-state index contributed by atoms with van der Waals surface area (Å²) < 4.78 is 14.8. The van der Waals surface area contributed by atoms with Gasteiger partial charge in [0.15, 0.2) is 0 Å². The fourth-order valence-electron chi connectivity index (χ4n) is 4.42. The summed E-state index contributed by atoms with van der Waals surface area (Å²) in [5, 5.41) is 3.50. The smallest absolute Gasteiger partial charge is 0.147 e. The minimum atomic E-state index is -0.170. The third kappa shape index (κ3) is 2.01. The molecule has 2 aliphatic rings. The van der Waals surface area contributed by atoms with Gasteiger partial charge in [-0.25, -0.2) is 4.39 Å². The van der Waals surface area contributed by atoms with E-state index in [2.05, 4.69) is 42.0 Å². The number of nitrogens with one attached hydrogen (secondary N) is 1. The van der Waals surface area contributed by atoms with Gasteiger partial charge in [-0.2, -0.15) is 0 Å². The largest absolute Gasteiger partial charge is 0.379 e. The van der Waals surface area contributed by atoms with E-state index in [0.29, 0.717) is 17.1 Å². The van der Waals surface area contributed by atoms with Gasteiger partial charge in [0.25, 0.3) is 0 Å². The Bertz CT molecular complexity index is 509. The van der Waals surface area contributed by atoms with Gasteiger partial charge in [-0.15, -0.1) is 0 Å². The van der Waals surface area contributed by atoms with Crippen molar-refractivity contribution in [3.8, 4) is 0 Å². The van der Waals surface area contributed by atoms with E-state index in [4.69, 9.17) is 0 Å². The molecular weight excluding hydrogens is 305 g/mol. The van der Waals surface area contributed by atoms with Crippen molar-refractivity contribution in [1.82, 2.24) is 0 Å². The van der Waals surface area contributed by atoms with Gasteiger partial charge < -0.3 is 5.32 Å². The molecule has 0 radical (unpaired) electrons. The highest BCUT2D eigenvalue weighted by atomic mass is 79.9. The number of benzene rings is 1. The van der Waals surface area contributed by atoms with Crippen molar-refractivity contribution >= 4 is 21.6 Å². The highest BCUT2D eigenvalue weighted by molar-refractivity contribution is 9.10. The monoisotopic (exact) mass is 325 g/mol. The number of anilines is 1. The lowest BCUT2D eigenvalue weighted by molar-refractivity contribution is 0.155. The van der Waals surface area contributed by atoms with E-state index in [-0.39, 0.29) is 11.2 Å². The topological polar surface area (TPSA) is 12.0 Å². The van der Waals surface area contributed by atoms with Crippen LogP contribution in [0, 0.1) is 22.6 Å². The average Bonchev–Trinajstić information content (AvgIpc) is 2.78. The molecule has 3 unspecified atom stereocenters. The van der Waals surface area contributed by atoms with Crippen molar-refractivity contribution in [3.63, 3.8) is 0 Å². The normalized spacial score (nSPS) is 35.6. The SMILES string of the molecule is CC12CCC(C1)C(C)(C)C2Nc1ccc(Br)cc1F. The van der Waals surface area contributed by atoms with Gasteiger partial charge in [0.1, 0.15) is 5.82 Å². The molecular formula is C16H21BrFN. The summed E-state index contributed by atoms with van der Waals surface area (Å²) in [6, 6.07) is 5.62. The molecule has 1 N–H and O–H groups in total. The fourth-order valence-corrected chi connectivity index (χ4v) is 4.76. The van der Waals surface area contributed by atoms with Crippen LogP contribution in [0.2, 0.25) is 0 Å². The molecule has 0 aliphatic heterocycles. The molecule has 19 heavy (non-hydrogen) atoms. The van der Waals surface area contributed by atoms with Gasteiger partial charge in [-0.3, -0.25) is 0 Å². The Labute approximate surface area is 123 Å². The van der Waals surface area contributed by atoms with Crippen LogP contribution < -0.4 is 5.32 Å². The lowest BCUT2D eigenvalue weighted by atomic mass is 9.68. The summed E-state index contributed by atoms with van der Waals surface area (Å²) in [5.41, 5.74) is 1.19.